The number of rotatable bonds is 2. The quantitative estimate of drug-likeness (QED) is 0.384. The molecule has 60 valence electrons. The Bertz CT molecular complexity index is 283. The normalized spacial score (nSPS) is 10.0. The fraction of sp³-hybridized carbons (Fsp3) is 0.400. The summed E-state index contributed by atoms with van der Waals surface area (Å²) < 4.78 is 1.37. The van der Waals surface area contributed by atoms with E-state index in [2.05, 4.69) is 5.10 Å². The van der Waals surface area contributed by atoms with Crippen LogP contribution in [0.5, 0.6) is 0 Å². The largest absolute Gasteiger partial charge is 0.311 e. The van der Waals surface area contributed by atoms with Crippen molar-refractivity contribution in [3.63, 3.8) is 0 Å². The monoisotopic (exact) mass is 175 g/mol. The minimum absolute atomic E-state index is 0.0255. The number of hydrogen-bond donors (Lipinski definition) is 0. The van der Waals surface area contributed by atoms with Crippen molar-refractivity contribution in [3.8, 4) is 0 Å². The highest BCUT2D eigenvalue weighted by Crippen LogP contribution is 2.17. The molecule has 1 heterocycles. The van der Waals surface area contributed by atoms with Gasteiger partial charge < -0.3 is 0 Å². The highest BCUT2D eigenvalue weighted by atomic mass is 35.5. The molecule has 0 aliphatic heterocycles. The van der Waals surface area contributed by atoms with E-state index in [4.69, 9.17) is 11.6 Å². The Balaban J connectivity index is 3.12. The van der Waals surface area contributed by atoms with E-state index in [0.717, 1.165) is 0 Å². The lowest BCUT2D eigenvalue weighted by Crippen LogP contribution is -1.90. The SMILES string of the molecule is Cn1cc([N+](=O)[O-])c(CCl)n1. The van der Waals surface area contributed by atoms with Gasteiger partial charge in [0.05, 0.1) is 10.8 Å². The van der Waals surface area contributed by atoms with Crippen LogP contribution in [0.4, 0.5) is 5.69 Å². The van der Waals surface area contributed by atoms with Gasteiger partial charge in [-0.2, -0.15) is 5.10 Å². The first kappa shape index (κ1) is 8.00. The van der Waals surface area contributed by atoms with Crippen molar-refractivity contribution in [2.45, 2.75) is 5.88 Å². The molecule has 0 radical (unpaired) electrons. The van der Waals surface area contributed by atoms with Gasteiger partial charge in [-0.15, -0.1) is 11.6 Å². The zero-order valence-corrected chi connectivity index (χ0v) is 6.58. The number of halogens is 1. The smallest absolute Gasteiger partial charge is 0.268 e. The minimum atomic E-state index is -0.495. The summed E-state index contributed by atoms with van der Waals surface area (Å²) in [5.74, 6) is 0.0666. The Morgan fingerprint density at radius 1 is 1.91 bits per heavy atom. The maximum Gasteiger partial charge on any atom is 0.311 e. The van der Waals surface area contributed by atoms with Crippen LogP contribution in [-0.4, -0.2) is 14.7 Å². The summed E-state index contributed by atoms with van der Waals surface area (Å²) in [6, 6.07) is 0. The standard InChI is InChI=1S/C5H6ClN3O2/c1-8-3-5(9(10)11)4(2-6)7-8/h3H,2H2,1H3. The number of aryl methyl sites for hydroxylation is 1. The van der Waals surface area contributed by atoms with Crippen LogP contribution in [-0.2, 0) is 12.9 Å². The fourth-order valence-corrected chi connectivity index (χ4v) is 0.960. The van der Waals surface area contributed by atoms with E-state index in [9.17, 15) is 10.1 Å². The molecule has 0 aliphatic rings. The Kier molecular flexibility index (Phi) is 2.09. The number of aromatic nitrogens is 2. The molecule has 0 atom stereocenters. The lowest BCUT2D eigenvalue weighted by Gasteiger charge is -1.85. The third kappa shape index (κ3) is 1.48. The van der Waals surface area contributed by atoms with Crippen molar-refractivity contribution in [2.24, 2.45) is 7.05 Å². The predicted octanol–water partition coefficient (Wildman–Crippen LogP) is 1.07. The fourth-order valence-electron chi connectivity index (χ4n) is 0.770. The highest BCUT2D eigenvalue weighted by Gasteiger charge is 2.16. The van der Waals surface area contributed by atoms with Crippen molar-refractivity contribution in [3.05, 3.63) is 22.0 Å². The van der Waals surface area contributed by atoms with Gasteiger partial charge in [0.25, 0.3) is 0 Å². The number of nitrogens with zero attached hydrogens (tertiary/aromatic N) is 3. The second-order valence-electron chi connectivity index (χ2n) is 2.03. The van der Waals surface area contributed by atoms with E-state index in [1.54, 1.807) is 7.05 Å². The molecule has 1 aromatic rings. The van der Waals surface area contributed by atoms with Gasteiger partial charge in [-0.1, -0.05) is 0 Å². The van der Waals surface area contributed by atoms with Gasteiger partial charge in [0.2, 0.25) is 0 Å². The molecular weight excluding hydrogens is 170 g/mol. The summed E-state index contributed by atoms with van der Waals surface area (Å²) >= 11 is 5.41. The lowest BCUT2D eigenvalue weighted by molar-refractivity contribution is -0.385. The van der Waals surface area contributed by atoms with E-state index in [0.29, 0.717) is 5.69 Å². The molecule has 0 aromatic carbocycles. The second-order valence-corrected chi connectivity index (χ2v) is 2.29. The minimum Gasteiger partial charge on any atom is -0.268 e. The average molecular weight is 176 g/mol. The van der Waals surface area contributed by atoms with Crippen molar-refractivity contribution in [2.75, 3.05) is 0 Å². The summed E-state index contributed by atoms with van der Waals surface area (Å²) in [5.41, 5.74) is 0.279. The molecule has 0 bridgehead atoms. The van der Waals surface area contributed by atoms with Gasteiger partial charge in [0, 0.05) is 7.05 Å². The second kappa shape index (κ2) is 2.87. The van der Waals surface area contributed by atoms with Crippen molar-refractivity contribution in [1.82, 2.24) is 9.78 Å². The van der Waals surface area contributed by atoms with Crippen LogP contribution in [0.15, 0.2) is 6.20 Å². The van der Waals surface area contributed by atoms with Gasteiger partial charge in [0.1, 0.15) is 6.20 Å². The van der Waals surface area contributed by atoms with E-state index < -0.39 is 4.92 Å². The first-order chi connectivity index (χ1) is 5.15. The van der Waals surface area contributed by atoms with Crippen molar-refractivity contribution in [1.29, 1.82) is 0 Å². The molecule has 1 rings (SSSR count). The van der Waals surface area contributed by atoms with Crippen LogP contribution in [0.2, 0.25) is 0 Å². The van der Waals surface area contributed by atoms with Gasteiger partial charge in [-0.25, -0.2) is 0 Å². The van der Waals surface area contributed by atoms with Crippen LogP contribution in [0.1, 0.15) is 5.69 Å². The third-order valence-electron chi connectivity index (χ3n) is 1.21. The number of alkyl halides is 1. The van der Waals surface area contributed by atoms with E-state index in [-0.39, 0.29) is 11.6 Å². The Hall–Kier alpha value is -1.10. The molecule has 0 aliphatic carbocycles. The topological polar surface area (TPSA) is 61.0 Å². The molecule has 11 heavy (non-hydrogen) atoms. The predicted molar refractivity (Wildman–Crippen MR) is 39.4 cm³/mol. The zero-order valence-electron chi connectivity index (χ0n) is 5.82. The highest BCUT2D eigenvalue weighted by molar-refractivity contribution is 6.17. The third-order valence-corrected chi connectivity index (χ3v) is 1.46. The molecule has 0 fully saturated rings. The maximum atomic E-state index is 10.3. The summed E-state index contributed by atoms with van der Waals surface area (Å²) in [4.78, 5) is 9.79. The summed E-state index contributed by atoms with van der Waals surface area (Å²) in [6.07, 6.45) is 1.33. The van der Waals surface area contributed by atoms with Crippen LogP contribution in [0, 0.1) is 10.1 Å². The Labute approximate surface area is 67.7 Å². The van der Waals surface area contributed by atoms with Crippen LogP contribution in [0.25, 0.3) is 0 Å². The van der Waals surface area contributed by atoms with Crippen molar-refractivity contribution < 1.29 is 4.92 Å². The van der Waals surface area contributed by atoms with Gasteiger partial charge in [-0.05, 0) is 0 Å². The molecule has 1 aromatic heterocycles. The van der Waals surface area contributed by atoms with Crippen molar-refractivity contribution >= 4 is 17.3 Å². The Morgan fingerprint density at radius 3 is 2.91 bits per heavy atom. The first-order valence-electron chi connectivity index (χ1n) is 2.88. The Morgan fingerprint density at radius 2 is 2.55 bits per heavy atom. The molecule has 0 N–H and O–H groups in total. The lowest BCUT2D eigenvalue weighted by atomic mass is 10.4. The van der Waals surface area contributed by atoms with Crippen LogP contribution < -0.4 is 0 Å². The molecule has 0 unspecified atom stereocenters. The van der Waals surface area contributed by atoms with Gasteiger partial charge >= 0.3 is 5.69 Å². The molecule has 0 saturated heterocycles. The number of hydrogen-bond acceptors (Lipinski definition) is 3. The molecule has 0 spiro atoms. The van der Waals surface area contributed by atoms with E-state index in [1.165, 1.54) is 10.9 Å². The molecule has 0 saturated carbocycles. The molecule has 6 heteroatoms. The average Bonchev–Trinajstić information content (AvgIpc) is 2.30. The number of nitro groups is 1. The van der Waals surface area contributed by atoms with Crippen LogP contribution >= 0.6 is 11.6 Å². The van der Waals surface area contributed by atoms with Gasteiger partial charge in [0.15, 0.2) is 5.69 Å². The molecule has 0 amide bonds. The molecular formula is C5H6ClN3O2. The van der Waals surface area contributed by atoms with Crippen LogP contribution in [0.3, 0.4) is 0 Å². The van der Waals surface area contributed by atoms with E-state index >= 15 is 0 Å². The summed E-state index contributed by atoms with van der Waals surface area (Å²) in [7, 11) is 1.61. The summed E-state index contributed by atoms with van der Waals surface area (Å²) in [5, 5.41) is 14.1. The first-order valence-corrected chi connectivity index (χ1v) is 3.41. The zero-order chi connectivity index (χ0) is 8.43. The molecule has 5 nitrogen and oxygen atoms in total. The maximum absolute atomic E-state index is 10.3. The van der Waals surface area contributed by atoms with Gasteiger partial charge in [-0.3, -0.25) is 14.8 Å². The van der Waals surface area contributed by atoms with E-state index in [1.807, 2.05) is 0 Å². The summed E-state index contributed by atoms with van der Waals surface area (Å²) in [6.45, 7) is 0.